The first-order valence-corrected chi connectivity index (χ1v) is 37.8. The van der Waals surface area contributed by atoms with Crippen LogP contribution in [0.4, 0.5) is 0 Å². The van der Waals surface area contributed by atoms with Crippen LogP contribution in [0.1, 0.15) is 0 Å². The Morgan fingerprint density at radius 2 is 0.670 bits per heavy atom. The van der Waals surface area contributed by atoms with Crippen LogP contribution >= 0.6 is 28.3 Å². The van der Waals surface area contributed by atoms with Crippen molar-refractivity contribution in [1.29, 1.82) is 0 Å². The number of hydrogen-bond acceptors (Lipinski definition) is 13. The van der Waals surface area contributed by atoms with Crippen molar-refractivity contribution in [2.75, 3.05) is 0 Å². The standard InChI is InChI=1S/C28H19N2O.2C25H16N3O2.3ClH.3Pt/c1-2-8-21(9-3-1)22-12-14-23(15-13-22)25-17-16-24(26-10-4-6-18-29-26)20-27(25)31-28-11-5-7-19-30-28;1-2-7-18(8-3-1)25-28-17-23(30-25)20-12-13-22(27-16-20)19-9-6-10-21(15-19)29-24-11-4-5-14-26-24;1-2-7-18(8-3-1)23-17-28-25(30-23)20-12-13-22(27-16-20)19-9-6-10-21(15-19)29-24-11-4-5-14-26-24;;;;;;/h1-19H;2*1-14,16-17H;3*1H;;;/q3*-1;;;;3*+2/p-3. The number of aromatic nitrogens is 8. The number of oxazole rings is 2. The van der Waals surface area contributed by atoms with E-state index in [9.17, 15) is 0 Å². The van der Waals surface area contributed by atoms with E-state index in [-0.39, 0.29) is 0 Å². The summed E-state index contributed by atoms with van der Waals surface area (Å²) < 4.78 is 29.5. The van der Waals surface area contributed by atoms with Gasteiger partial charge in [0, 0.05) is 83.6 Å². The van der Waals surface area contributed by atoms with Crippen molar-refractivity contribution >= 4 is 28.3 Å². The van der Waals surface area contributed by atoms with Gasteiger partial charge in [-0.2, -0.15) is 0 Å². The van der Waals surface area contributed by atoms with Crippen LogP contribution in [0.25, 0.3) is 102 Å². The summed E-state index contributed by atoms with van der Waals surface area (Å²) in [7, 11) is 13.8. The van der Waals surface area contributed by atoms with Gasteiger partial charge in [-0.1, -0.05) is 187 Å². The molecule has 0 radical (unpaired) electrons. The fourth-order valence-electron chi connectivity index (χ4n) is 9.44. The van der Waals surface area contributed by atoms with Gasteiger partial charge in [-0.05, 0) is 64.6 Å². The predicted molar refractivity (Wildman–Crippen MR) is 369 cm³/mol. The van der Waals surface area contributed by atoms with E-state index in [1.807, 2.05) is 206 Å². The molecule has 0 N–H and O–H groups in total. The minimum atomic E-state index is 0.521. The average Bonchev–Trinajstić information content (AvgIpc) is 1.50. The average molecular weight is 1870 g/mol. The number of ether oxygens (including phenoxy) is 3. The molecule has 0 atom stereocenters. The molecule has 0 amide bonds. The number of halogens is 3. The zero-order valence-electron chi connectivity index (χ0n) is 50.6. The van der Waals surface area contributed by atoms with Crippen molar-refractivity contribution < 1.29 is 79.4 Å². The SMILES string of the molecule is [Cl][Pt+].[Cl][Pt+].[Cl][Pt+].[c-]1c(-c2ccccn2)ccc(-c2ccc(-c3ccccc3)cc2)c1Oc1ccccn1.[c-]1c(Oc2ccccn2)cccc1-c1ccc(-c2cnc(-c3ccccc3)o2)cn1.[c-]1c(Oc2ccccn2)cccc1-c1ccc(-c2ncc(-c3ccccc3)o2)cn1. The Kier molecular flexibility index (Phi) is 27.1. The molecule has 13 nitrogen and oxygen atoms in total. The zero-order chi connectivity index (χ0) is 67.2. The van der Waals surface area contributed by atoms with Gasteiger partial charge < -0.3 is 38.0 Å². The second-order valence-corrected chi connectivity index (χ2v) is 20.1. The van der Waals surface area contributed by atoms with Gasteiger partial charge in [0.15, 0.2) is 11.5 Å². The third-order valence-electron chi connectivity index (χ3n) is 13.9. The summed E-state index contributed by atoms with van der Waals surface area (Å²) in [5, 5.41) is 0. The minimum Gasteiger partial charge on any atom is -0.459 e. The second kappa shape index (κ2) is 37.5. The Hall–Kier alpha value is -9.81. The van der Waals surface area contributed by atoms with Crippen LogP contribution in [-0.4, -0.2) is 39.9 Å². The molecule has 0 aliphatic heterocycles. The molecule has 15 rings (SSSR count). The van der Waals surface area contributed by atoms with Crippen LogP contribution in [0.5, 0.6) is 34.9 Å². The van der Waals surface area contributed by atoms with E-state index >= 15 is 0 Å². The molecule has 15 aromatic rings. The van der Waals surface area contributed by atoms with E-state index in [0.29, 0.717) is 52.4 Å². The molecule has 0 saturated carbocycles. The Bertz CT molecular complexity index is 4580. The first-order valence-electron chi connectivity index (χ1n) is 29.3. The largest absolute Gasteiger partial charge is 0.459 e. The van der Waals surface area contributed by atoms with E-state index in [1.54, 1.807) is 118 Å². The van der Waals surface area contributed by atoms with Crippen molar-refractivity contribution in [3.8, 4) is 136 Å². The van der Waals surface area contributed by atoms with Crippen molar-refractivity contribution in [2.24, 2.45) is 0 Å². The van der Waals surface area contributed by atoms with Crippen molar-refractivity contribution in [3.05, 3.63) is 329 Å². The molecule has 0 saturated heterocycles. The van der Waals surface area contributed by atoms with Crippen LogP contribution in [0.15, 0.2) is 319 Å². The van der Waals surface area contributed by atoms with Crippen molar-refractivity contribution in [2.45, 2.75) is 0 Å². The third kappa shape index (κ3) is 19.9. The molecule has 0 aliphatic carbocycles. The van der Waals surface area contributed by atoms with Crippen LogP contribution in [-0.2, 0) is 56.3 Å². The van der Waals surface area contributed by atoms with Gasteiger partial charge >= 0.3 is 84.6 Å². The molecule has 0 bridgehead atoms. The third-order valence-corrected chi connectivity index (χ3v) is 13.9. The van der Waals surface area contributed by atoms with Crippen LogP contribution < -0.4 is 14.2 Å². The van der Waals surface area contributed by atoms with Crippen molar-refractivity contribution in [1.82, 2.24) is 39.9 Å². The number of hydrogen-bond donors (Lipinski definition) is 0. The van der Waals surface area contributed by atoms with Gasteiger partial charge in [-0.3, -0.25) is 0 Å². The molecule has 8 heterocycles. The van der Waals surface area contributed by atoms with Gasteiger partial charge in [0.1, 0.15) is 0 Å². The van der Waals surface area contributed by atoms with Gasteiger partial charge in [-0.15, -0.1) is 65.2 Å². The van der Waals surface area contributed by atoms with Crippen LogP contribution in [0, 0.1) is 18.2 Å². The zero-order valence-corrected chi connectivity index (χ0v) is 59.7. The fraction of sp³-hybridized carbons (Fsp3) is 0. The fourth-order valence-corrected chi connectivity index (χ4v) is 9.44. The van der Waals surface area contributed by atoms with Crippen LogP contribution in [0.2, 0.25) is 0 Å². The Labute approximate surface area is 607 Å². The normalized spacial score (nSPS) is 10.2. The Morgan fingerprint density at radius 3 is 1.15 bits per heavy atom. The predicted octanol–water partition coefficient (Wildman–Crippen LogP) is 21.2. The Balaban J connectivity index is 0.000000152. The topological polar surface area (TPSA) is 157 Å². The first kappa shape index (κ1) is 70.0. The number of benzene rings is 7. The monoisotopic (exact) mass is 1870 g/mol. The summed E-state index contributed by atoms with van der Waals surface area (Å²) >= 11 is 4.83. The summed E-state index contributed by atoms with van der Waals surface area (Å²) in [6.07, 6.45) is 13.8. The van der Waals surface area contributed by atoms with E-state index in [1.165, 1.54) is 11.1 Å². The summed E-state index contributed by atoms with van der Waals surface area (Å²) in [6.45, 7) is 0. The molecular weight excluding hydrogens is 1820 g/mol. The molecule has 0 unspecified atom stereocenters. The summed E-state index contributed by atoms with van der Waals surface area (Å²) in [4.78, 5) is 35.0. The number of rotatable bonds is 15. The van der Waals surface area contributed by atoms with Gasteiger partial charge in [0.2, 0.25) is 29.4 Å². The molecular formula is C78H51Cl3N8O5Pt3. The van der Waals surface area contributed by atoms with Gasteiger partial charge in [-0.25, -0.2) is 24.9 Å². The maximum Gasteiger partial charge on any atom is 0.228 e. The molecule has 484 valence electrons. The van der Waals surface area contributed by atoms with Gasteiger partial charge in [0.05, 0.1) is 23.7 Å². The summed E-state index contributed by atoms with van der Waals surface area (Å²) in [5.41, 5.74) is 12.9. The molecule has 0 spiro atoms. The van der Waals surface area contributed by atoms with E-state index in [0.717, 1.165) is 72.9 Å². The van der Waals surface area contributed by atoms with Crippen molar-refractivity contribution in [3.63, 3.8) is 0 Å². The maximum absolute atomic E-state index is 6.15. The number of nitrogens with zero attached hydrogens (tertiary/aromatic N) is 8. The second-order valence-electron chi connectivity index (χ2n) is 20.1. The first-order chi connectivity index (χ1) is 48.1. The molecule has 97 heavy (non-hydrogen) atoms. The molecule has 7 aromatic carbocycles. The molecule has 0 fully saturated rings. The van der Waals surface area contributed by atoms with Crippen LogP contribution in [0.3, 0.4) is 0 Å². The number of pyridine rings is 6. The summed E-state index contributed by atoms with van der Waals surface area (Å²) in [5.74, 6) is 5.87. The smallest absolute Gasteiger partial charge is 0.228 e. The van der Waals surface area contributed by atoms with E-state index in [4.69, 9.17) is 23.0 Å². The summed E-state index contributed by atoms with van der Waals surface area (Å²) in [6, 6.07) is 94.0. The Morgan fingerprint density at radius 1 is 0.268 bits per heavy atom. The van der Waals surface area contributed by atoms with E-state index in [2.05, 4.69) is 129 Å². The van der Waals surface area contributed by atoms with Gasteiger partial charge in [0.25, 0.3) is 0 Å². The molecule has 0 aliphatic rings. The molecule has 8 aromatic heterocycles. The molecule has 19 heteroatoms. The van der Waals surface area contributed by atoms with E-state index < -0.39 is 0 Å². The quantitative estimate of drug-likeness (QED) is 0.0894. The maximum atomic E-state index is 6.15. The minimum absolute atomic E-state index is 0.521.